The van der Waals surface area contributed by atoms with Crippen LogP contribution in [0.2, 0.25) is 0 Å². The van der Waals surface area contributed by atoms with E-state index >= 15 is 0 Å². The maximum absolute atomic E-state index is 6.02. The van der Waals surface area contributed by atoms with Crippen LogP contribution in [0.15, 0.2) is 70.5 Å². The molecular formula is C17H19NS. The fraction of sp³-hybridized carbons (Fsp3) is 0.176. The summed E-state index contributed by atoms with van der Waals surface area (Å²) in [7, 11) is 0. The first kappa shape index (κ1) is 13.8. The molecule has 0 aliphatic carbocycles. The van der Waals surface area contributed by atoms with Gasteiger partial charge in [-0.15, -0.1) is 0 Å². The van der Waals surface area contributed by atoms with Gasteiger partial charge in [0.2, 0.25) is 0 Å². The Morgan fingerprint density at radius 3 is 2.42 bits per heavy atom. The Morgan fingerprint density at radius 1 is 1.05 bits per heavy atom. The summed E-state index contributed by atoms with van der Waals surface area (Å²) in [5, 5.41) is 0. The molecule has 0 unspecified atom stereocenters. The Balaban J connectivity index is 2.14. The third kappa shape index (κ3) is 4.18. The molecule has 0 atom stereocenters. The molecule has 0 aromatic heterocycles. The maximum atomic E-state index is 6.02. The van der Waals surface area contributed by atoms with Crippen molar-refractivity contribution in [3.8, 4) is 0 Å². The number of hydrogen-bond acceptors (Lipinski definition) is 2. The van der Waals surface area contributed by atoms with E-state index < -0.39 is 0 Å². The van der Waals surface area contributed by atoms with E-state index in [1.807, 2.05) is 36.0 Å². The van der Waals surface area contributed by atoms with Gasteiger partial charge in [-0.3, -0.25) is 0 Å². The van der Waals surface area contributed by atoms with Crippen LogP contribution in [-0.4, -0.2) is 0 Å². The number of nitrogens with two attached hydrogens (primary N) is 1. The van der Waals surface area contributed by atoms with Crippen molar-refractivity contribution >= 4 is 17.4 Å². The lowest BCUT2D eigenvalue weighted by Crippen LogP contribution is -1.95. The highest BCUT2D eigenvalue weighted by Gasteiger charge is 2.04. The smallest absolute Gasteiger partial charge is 0.0350 e. The van der Waals surface area contributed by atoms with Gasteiger partial charge < -0.3 is 5.73 Å². The zero-order valence-corrected chi connectivity index (χ0v) is 12.0. The Bertz CT molecular complexity index is 546. The summed E-state index contributed by atoms with van der Waals surface area (Å²) >= 11 is 1.82. The number of nitrogen functional groups attached to an aromatic ring is 1. The lowest BCUT2D eigenvalue weighted by atomic mass is 10.1. The minimum atomic E-state index is 0.873. The quantitative estimate of drug-likeness (QED) is 0.617. The van der Waals surface area contributed by atoms with E-state index in [9.17, 15) is 0 Å². The van der Waals surface area contributed by atoms with Gasteiger partial charge in [-0.25, -0.2) is 0 Å². The van der Waals surface area contributed by atoms with Crippen LogP contribution in [0.25, 0.3) is 0 Å². The summed E-state index contributed by atoms with van der Waals surface area (Å²) in [4.78, 5) is 2.63. The van der Waals surface area contributed by atoms with E-state index in [1.165, 1.54) is 15.4 Å². The first-order valence-corrected chi connectivity index (χ1v) is 7.36. The summed E-state index contributed by atoms with van der Waals surface area (Å²) in [6, 6.07) is 18.6. The number of thioether (sulfide) groups is 1. The number of hydrogen-bond donors (Lipinski definition) is 1. The molecule has 2 heteroatoms. The Morgan fingerprint density at radius 2 is 1.74 bits per heavy atom. The minimum absolute atomic E-state index is 0.873. The summed E-state index contributed by atoms with van der Waals surface area (Å²) in [5.74, 6) is 0. The van der Waals surface area contributed by atoms with Gasteiger partial charge in [0.05, 0.1) is 0 Å². The Kier molecular flexibility index (Phi) is 5.10. The fourth-order valence-corrected chi connectivity index (χ4v) is 2.97. The predicted octanol–water partition coefficient (Wildman–Crippen LogP) is 4.90. The molecule has 0 spiro atoms. The molecule has 0 bridgehead atoms. The van der Waals surface area contributed by atoms with E-state index in [0.717, 1.165) is 18.5 Å². The second-order valence-corrected chi connectivity index (χ2v) is 5.57. The lowest BCUT2D eigenvalue weighted by molar-refractivity contribution is 1.16. The van der Waals surface area contributed by atoms with Crippen LogP contribution in [0, 0.1) is 0 Å². The molecular weight excluding hydrogens is 250 g/mol. The van der Waals surface area contributed by atoms with Gasteiger partial charge >= 0.3 is 0 Å². The van der Waals surface area contributed by atoms with E-state index in [0.29, 0.717) is 0 Å². The van der Waals surface area contributed by atoms with Gasteiger partial charge in [0.25, 0.3) is 0 Å². The molecule has 0 amide bonds. The normalized spacial score (nSPS) is 11.5. The van der Waals surface area contributed by atoms with Gasteiger partial charge in [-0.05, 0) is 35.1 Å². The standard InChI is InChI=1S/C17H19NS/c1-2-8-16(19-15-10-4-3-5-11-15)13-14-9-6-7-12-17(14)18/h3-12H,2,13,18H2,1H3/b16-8-. The van der Waals surface area contributed by atoms with E-state index in [2.05, 4.69) is 43.3 Å². The van der Waals surface area contributed by atoms with Crippen molar-refractivity contribution in [3.63, 3.8) is 0 Å². The van der Waals surface area contributed by atoms with E-state index in [-0.39, 0.29) is 0 Å². The number of anilines is 1. The topological polar surface area (TPSA) is 26.0 Å². The van der Waals surface area contributed by atoms with Crippen molar-refractivity contribution in [2.24, 2.45) is 0 Å². The van der Waals surface area contributed by atoms with Crippen molar-refractivity contribution in [2.45, 2.75) is 24.7 Å². The summed E-state index contributed by atoms with van der Waals surface area (Å²) in [5.41, 5.74) is 8.09. The molecule has 19 heavy (non-hydrogen) atoms. The second kappa shape index (κ2) is 7.05. The molecule has 2 rings (SSSR count). The van der Waals surface area contributed by atoms with Crippen LogP contribution in [-0.2, 0) is 6.42 Å². The molecule has 0 aliphatic heterocycles. The van der Waals surface area contributed by atoms with Crippen molar-refractivity contribution < 1.29 is 0 Å². The first-order chi connectivity index (χ1) is 9.29. The van der Waals surface area contributed by atoms with Gasteiger partial charge in [0, 0.05) is 17.0 Å². The van der Waals surface area contributed by atoms with E-state index in [1.54, 1.807) is 0 Å². The molecule has 98 valence electrons. The molecule has 0 heterocycles. The molecule has 0 aliphatic rings. The third-order valence-electron chi connectivity index (χ3n) is 2.84. The number of benzene rings is 2. The predicted molar refractivity (Wildman–Crippen MR) is 85.2 cm³/mol. The summed E-state index contributed by atoms with van der Waals surface area (Å²) < 4.78 is 0. The maximum Gasteiger partial charge on any atom is 0.0350 e. The fourth-order valence-electron chi connectivity index (χ4n) is 1.90. The highest BCUT2D eigenvalue weighted by molar-refractivity contribution is 8.03. The van der Waals surface area contributed by atoms with Gasteiger partial charge in [0.15, 0.2) is 0 Å². The van der Waals surface area contributed by atoms with Crippen molar-refractivity contribution in [1.82, 2.24) is 0 Å². The SMILES string of the molecule is CC/C=C(/Cc1ccccc1N)Sc1ccccc1. The van der Waals surface area contributed by atoms with Crippen LogP contribution in [0.1, 0.15) is 18.9 Å². The Hall–Kier alpha value is -1.67. The average Bonchev–Trinajstić information content (AvgIpc) is 2.43. The van der Waals surface area contributed by atoms with Crippen LogP contribution in [0.4, 0.5) is 5.69 Å². The average molecular weight is 269 g/mol. The second-order valence-electron chi connectivity index (χ2n) is 4.37. The van der Waals surface area contributed by atoms with Crippen molar-refractivity contribution in [3.05, 3.63) is 71.1 Å². The van der Waals surface area contributed by atoms with Gasteiger partial charge in [0.1, 0.15) is 0 Å². The highest BCUT2D eigenvalue weighted by atomic mass is 32.2. The molecule has 0 fully saturated rings. The van der Waals surface area contributed by atoms with Crippen LogP contribution in [0.3, 0.4) is 0 Å². The largest absolute Gasteiger partial charge is 0.398 e. The molecule has 2 aromatic rings. The first-order valence-electron chi connectivity index (χ1n) is 6.55. The summed E-state index contributed by atoms with van der Waals surface area (Å²) in [6.45, 7) is 2.17. The molecule has 0 radical (unpaired) electrons. The van der Waals surface area contributed by atoms with Crippen LogP contribution < -0.4 is 5.73 Å². The van der Waals surface area contributed by atoms with Crippen LogP contribution >= 0.6 is 11.8 Å². The molecule has 0 saturated heterocycles. The van der Waals surface area contributed by atoms with Gasteiger partial charge in [-0.2, -0.15) is 0 Å². The molecule has 0 saturated carbocycles. The van der Waals surface area contributed by atoms with Crippen LogP contribution in [0.5, 0.6) is 0 Å². The van der Waals surface area contributed by atoms with Crippen molar-refractivity contribution in [1.29, 1.82) is 0 Å². The summed E-state index contributed by atoms with van der Waals surface area (Å²) in [6.07, 6.45) is 4.23. The minimum Gasteiger partial charge on any atom is -0.398 e. The lowest BCUT2D eigenvalue weighted by Gasteiger charge is -2.09. The van der Waals surface area contributed by atoms with Crippen molar-refractivity contribution in [2.75, 3.05) is 5.73 Å². The highest BCUT2D eigenvalue weighted by Crippen LogP contribution is 2.30. The zero-order chi connectivity index (χ0) is 13.5. The monoisotopic (exact) mass is 269 g/mol. The third-order valence-corrected chi connectivity index (χ3v) is 3.92. The number of allylic oxidation sites excluding steroid dienone is 2. The van der Waals surface area contributed by atoms with E-state index in [4.69, 9.17) is 5.73 Å². The molecule has 2 aromatic carbocycles. The number of para-hydroxylation sites is 1. The molecule has 1 nitrogen and oxygen atoms in total. The zero-order valence-electron chi connectivity index (χ0n) is 11.2. The molecule has 2 N–H and O–H groups in total. The number of rotatable bonds is 5. The van der Waals surface area contributed by atoms with Gasteiger partial charge in [-0.1, -0.05) is 61.2 Å². The Labute approximate surface area is 119 Å².